The number of rotatable bonds is 8. The second-order valence-electron chi connectivity index (χ2n) is 5.60. The Bertz CT molecular complexity index is 617. The van der Waals surface area contributed by atoms with Crippen molar-refractivity contribution in [2.75, 3.05) is 18.4 Å². The molecular weight excluding hydrogens is 326 g/mol. The molecule has 0 aromatic carbocycles. The molecule has 7 heteroatoms. The first-order valence-corrected chi connectivity index (χ1v) is 9.17. The summed E-state index contributed by atoms with van der Waals surface area (Å²) in [4.78, 5) is 38.9. The summed E-state index contributed by atoms with van der Waals surface area (Å²) in [6.07, 6.45) is 1.42. The molecule has 0 unspecified atom stereocenters. The predicted molar refractivity (Wildman–Crippen MR) is 97.5 cm³/mol. The van der Waals surface area contributed by atoms with Gasteiger partial charge in [-0.2, -0.15) is 0 Å². The molecular formula is C17H27N3O3S. The molecule has 0 bridgehead atoms. The highest BCUT2D eigenvalue weighted by Gasteiger charge is 2.27. The average Bonchev–Trinajstić information content (AvgIpc) is 2.85. The van der Waals surface area contributed by atoms with E-state index in [0.29, 0.717) is 41.4 Å². The van der Waals surface area contributed by atoms with Gasteiger partial charge in [-0.05, 0) is 39.2 Å². The van der Waals surface area contributed by atoms with Crippen LogP contribution in [0.5, 0.6) is 0 Å². The SMILES string of the molecule is CCC(CC)C(=O)Nc1sc(C(=O)N(CC)CC)c(C)c1C(N)=O. The summed E-state index contributed by atoms with van der Waals surface area (Å²) in [5, 5.41) is 3.16. The quantitative estimate of drug-likeness (QED) is 0.752. The van der Waals surface area contributed by atoms with Gasteiger partial charge in [0.15, 0.2) is 0 Å². The van der Waals surface area contributed by atoms with Crippen LogP contribution in [-0.2, 0) is 4.79 Å². The van der Waals surface area contributed by atoms with Gasteiger partial charge in [-0.25, -0.2) is 0 Å². The predicted octanol–water partition coefficient (Wildman–Crippen LogP) is 3.01. The minimum atomic E-state index is -0.637. The van der Waals surface area contributed by atoms with Crippen LogP contribution in [0.1, 0.15) is 66.1 Å². The van der Waals surface area contributed by atoms with Gasteiger partial charge in [-0.15, -0.1) is 11.3 Å². The highest BCUT2D eigenvalue weighted by atomic mass is 32.1. The highest BCUT2D eigenvalue weighted by Crippen LogP contribution is 2.34. The van der Waals surface area contributed by atoms with Gasteiger partial charge >= 0.3 is 0 Å². The number of amides is 3. The lowest BCUT2D eigenvalue weighted by molar-refractivity contribution is -0.120. The Kier molecular flexibility index (Phi) is 7.41. The molecule has 3 amide bonds. The van der Waals surface area contributed by atoms with Crippen LogP contribution in [0.2, 0.25) is 0 Å². The fraction of sp³-hybridized carbons (Fsp3) is 0.588. The number of anilines is 1. The Morgan fingerprint density at radius 1 is 1.12 bits per heavy atom. The van der Waals surface area contributed by atoms with Gasteiger partial charge in [0, 0.05) is 19.0 Å². The molecule has 1 heterocycles. The first-order chi connectivity index (χ1) is 11.3. The van der Waals surface area contributed by atoms with Crippen LogP contribution in [0.15, 0.2) is 0 Å². The maximum atomic E-state index is 12.6. The third kappa shape index (κ3) is 4.14. The van der Waals surface area contributed by atoms with Gasteiger partial charge in [0.05, 0.1) is 10.4 Å². The van der Waals surface area contributed by atoms with Crippen LogP contribution in [0.25, 0.3) is 0 Å². The van der Waals surface area contributed by atoms with E-state index in [4.69, 9.17) is 5.73 Å². The van der Waals surface area contributed by atoms with Crippen molar-refractivity contribution in [1.29, 1.82) is 0 Å². The van der Waals surface area contributed by atoms with Gasteiger partial charge in [0.2, 0.25) is 5.91 Å². The van der Waals surface area contributed by atoms with Crippen molar-refractivity contribution in [3.8, 4) is 0 Å². The Morgan fingerprint density at radius 2 is 1.67 bits per heavy atom. The largest absolute Gasteiger partial charge is 0.365 e. The second kappa shape index (κ2) is 8.82. The van der Waals surface area contributed by atoms with E-state index in [1.165, 1.54) is 0 Å². The zero-order valence-corrected chi connectivity index (χ0v) is 15.9. The van der Waals surface area contributed by atoms with Crippen molar-refractivity contribution in [3.05, 3.63) is 16.0 Å². The first-order valence-electron chi connectivity index (χ1n) is 8.35. The van der Waals surface area contributed by atoms with Crippen molar-refractivity contribution in [2.24, 2.45) is 11.7 Å². The molecule has 0 radical (unpaired) electrons. The molecule has 0 aliphatic rings. The standard InChI is InChI=1S/C17H27N3O3S/c1-6-11(7-2)15(22)19-16-12(14(18)21)10(5)13(24-16)17(23)20(8-3)9-4/h11H,6-9H2,1-5H3,(H2,18,21)(H,19,22). The molecule has 6 nitrogen and oxygen atoms in total. The third-order valence-electron chi connectivity index (χ3n) is 4.23. The van der Waals surface area contributed by atoms with Crippen LogP contribution in [0, 0.1) is 12.8 Å². The summed E-state index contributed by atoms with van der Waals surface area (Å²) < 4.78 is 0. The van der Waals surface area contributed by atoms with Crippen molar-refractivity contribution in [3.63, 3.8) is 0 Å². The summed E-state index contributed by atoms with van der Waals surface area (Å²) in [5.74, 6) is -1.06. The fourth-order valence-corrected chi connectivity index (χ4v) is 3.81. The lowest BCUT2D eigenvalue weighted by atomic mass is 10.0. The Hall–Kier alpha value is -1.89. The lowest BCUT2D eigenvalue weighted by Crippen LogP contribution is -2.30. The number of nitrogens with two attached hydrogens (primary N) is 1. The van der Waals surface area contributed by atoms with Crippen molar-refractivity contribution in [1.82, 2.24) is 4.90 Å². The van der Waals surface area contributed by atoms with E-state index in [9.17, 15) is 14.4 Å². The monoisotopic (exact) mass is 353 g/mol. The fourth-order valence-electron chi connectivity index (χ4n) is 2.63. The summed E-state index contributed by atoms with van der Waals surface area (Å²) >= 11 is 1.12. The summed E-state index contributed by atoms with van der Waals surface area (Å²) in [5.41, 5.74) is 6.24. The second-order valence-corrected chi connectivity index (χ2v) is 6.63. The average molecular weight is 353 g/mol. The number of nitrogens with one attached hydrogen (secondary N) is 1. The normalized spacial score (nSPS) is 10.8. The highest BCUT2D eigenvalue weighted by molar-refractivity contribution is 7.18. The number of carbonyl (C=O) groups excluding carboxylic acids is 3. The van der Waals surface area contributed by atoms with Crippen LogP contribution in [-0.4, -0.2) is 35.7 Å². The maximum Gasteiger partial charge on any atom is 0.264 e. The Morgan fingerprint density at radius 3 is 2.08 bits per heavy atom. The Balaban J connectivity index is 3.26. The van der Waals surface area contributed by atoms with E-state index in [-0.39, 0.29) is 23.3 Å². The molecule has 0 saturated carbocycles. The molecule has 0 spiro atoms. The van der Waals surface area contributed by atoms with E-state index in [1.54, 1.807) is 11.8 Å². The van der Waals surface area contributed by atoms with E-state index >= 15 is 0 Å². The van der Waals surface area contributed by atoms with Gasteiger partial charge in [-0.1, -0.05) is 13.8 Å². The minimum Gasteiger partial charge on any atom is -0.365 e. The van der Waals surface area contributed by atoms with Gasteiger partial charge < -0.3 is 16.0 Å². The molecule has 1 aromatic heterocycles. The lowest BCUT2D eigenvalue weighted by Gasteiger charge is -2.17. The van der Waals surface area contributed by atoms with Gasteiger partial charge in [-0.3, -0.25) is 14.4 Å². The van der Waals surface area contributed by atoms with Crippen LogP contribution in [0.4, 0.5) is 5.00 Å². The minimum absolute atomic E-state index is 0.130. The zero-order chi connectivity index (χ0) is 18.4. The first kappa shape index (κ1) is 20.2. The van der Waals surface area contributed by atoms with E-state index in [0.717, 1.165) is 11.3 Å². The molecule has 0 atom stereocenters. The topological polar surface area (TPSA) is 92.5 Å². The van der Waals surface area contributed by atoms with E-state index < -0.39 is 5.91 Å². The van der Waals surface area contributed by atoms with Crippen LogP contribution >= 0.6 is 11.3 Å². The van der Waals surface area contributed by atoms with E-state index in [1.807, 2.05) is 27.7 Å². The molecule has 0 aliphatic carbocycles. The molecule has 1 aromatic rings. The van der Waals surface area contributed by atoms with Crippen LogP contribution in [0.3, 0.4) is 0 Å². The number of carbonyl (C=O) groups is 3. The molecule has 0 fully saturated rings. The smallest absolute Gasteiger partial charge is 0.264 e. The zero-order valence-electron chi connectivity index (χ0n) is 15.1. The van der Waals surface area contributed by atoms with Crippen molar-refractivity contribution >= 4 is 34.1 Å². The summed E-state index contributed by atoms with van der Waals surface area (Å²) in [7, 11) is 0. The van der Waals surface area contributed by atoms with Gasteiger partial charge in [0.1, 0.15) is 5.00 Å². The van der Waals surface area contributed by atoms with E-state index in [2.05, 4.69) is 5.32 Å². The molecule has 0 aliphatic heterocycles. The number of thiophene rings is 1. The summed E-state index contributed by atoms with van der Waals surface area (Å²) in [6.45, 7) is 10.5. The number of hydrogen-bond donors (Lipinski definition) is 2. The third-order valence-corrected chi connectivity index (χ3v) is 5.43. The molecule has 24 heavy (non-hydrogen) atoms. The molecule has 3 N–H and O–H groups in total. The number of hydrogen-bond acceptors (Lipinski definition) is 4. The summed E-state index contributed by atoms with van der Waals surface area (Å²) in [6, 6.07) is 0. The molecule has 0 saturated heterocycles. The maximum absolute atomic E-state index is 12.6. The molecule has 134 valence electrons. The van der Waals surface area contributed by atoms with Crippen molar-refractivity contribution < 1.29 is 14.4 Å². The number of primary amides is 1. The van der Waals surface area contributed by atoms with Crippen molar-refractivity contribution in [2.45, 2.75) is 47.5 Å². The van der Waals surface area contributed by atoms with Crippen LogP contribution < -0.4 is 11.1 Å². The number of nitrogens with zero attached hydrogens (tertiary/aromatic N) is 1. The molecule has 1 rings (SSSR count). The van der Waals surface area contributed by atoms with Gasteiger partial charge in [0.25, 0.3) is 11.8 Å². The Labute approximate surface area is 147 Å².